The van der Waals surface area contributed by atoms with Crippen LogP contribution in [0.2, 0.25) is 0 Å². The van der Waals surface area contributed by atoms with Crippen LogP contribution in [0.15, 0.2) is 23.4 Å². The number of nitrogens with two attached hydrogens (primary N) is 1. The summed E-state index contributed by atoms with van der Waals surface area (Å²) < 4.78 is 31.3. The summed E-state index contributed by atoms with van der Waals surface area (Å²) in [6.07, 6.45) is 0.294. The first-order chi connectivity index (χ1) is 8.06. The average Bonchev–Trinajstić information content (AvgIpc) is 2.31. The van der Waals surface area contributed by atoms with Crippen molar-refractivity contribution >= 4 is 5.84 Å². The van der Waals surface area contributed by atoms with E-state index in [1.165, 1.54) is 6.07 Å². The molecule has 0 amide bonds. The molecular formula is C11H14F2N2O2. The van der Waals surface area contributed by atoms with Crippen LogP contribution in [0.1, 0.15) is 19.8 Å². The van der Waals surface area contributed by atoms with Crippen LogP contribution in [0.5, 0.6) is 5.75 Å². The summed E-state index contributed by atoms with van der Waals surface area (Å²) in [5.41, 5.74) is 5.33. The quantitative estimate of drug-likeness (QED) is 0.361. The lowest BCUT2D eigenvalue weighted by molar-refractivity contribution is 0.193. The zero-order valence-electron chi connectivity index (χ0n) is 9.36. The van der Waals surface area contributed by atoms with Gasteiger partial charge in [-0.1, -0.05) is 12.1 Å². The predicted molar refractivity (Wildman–Crippen MR) is 59.1 cm³/mol. The molecule has 1 aromatic rings. The van der Waals surface area contributed by atoms with E-state index in [0.717, 1.165) is 12.1 Å². The minimum atomic E-state index is -0.775. The topological polar surface area (TPSA) is 67.8 Å². The van der Waals surface area contributed by atoms with Gasteiger partial charge in [0.2, 0.25) is 0 Å². The smallest absolute Gasteiger partial charge is 0.167 e. The second-order valence-electron chi connectivity index (χ2n) is 3.52. The first-order valence-corrected chi connectivity index (χ1v) is 5.15. The summed E-state index contributed by atoms with van der Waals surface area (Å²) in [6, 6.07) is 3.06. The maximum atomic E-state index is 13.3. The number of hydrogen-bond acceptors (Lipinski definition) is 3. The Hall–Kier alpha value is -1.85. The van der Waals surface area contributed by atoms with Crippen LogP contribution in [0.4, 0.5) is 8.78 Å². The van der Waals surface area contributed by atoms with Crippen molar-refractivity contribution in [3.63, 3.8) is 0 Å². The van der Waals surface area contributed by atoms with Gasteiger partial charge in [-0.15, -0.1) is 0 Å². The second kappa shape index (κ2) is 6.03. The van der Waals surface area contributed by atoms with Gasteiger partial charge in [-0.05, 0) is 18.6 Å². The molecule has 0 bridgehead atoms. The third-order valence-corrected chi connectivity index (χ3v) is 2.21. The van der Waals surface area contributed by atoms with Gasteiger partial charge in [0.05, 0.1) is 0 Å². The molecule has 0 heterocycles. The number of amidine groups is 1. The number of benzene rings is 1. The van der Waals surface area contributed by atoms with Gasteiger partial charge in [-0.2, -0.15) is 0 Å². The van der Waals surface area contributed by atoms with Crippen LogP contribution in [-0.2, 0) is 0 Å². The monoisotopic (exact) mass is 244 g/mol. The van der Waals surface area contributed by atoms with Crippen molar-refractivity contribution in [1.82, 2.24) is 0 Å². The molecule has 17 heavy (non-hydrogen) atoms. The molecule has 3 N–H and O–H groups in total. The van der Waals surface area contributed by atoms with E-state index < -0.39 is 17.7 Å². The fourth-order valence-electron chi connectivity index (χ4n) is 1.29. The Bertz CT molecular complexity index is 410. The highest BCUT2D eigenvalue weighted by Crippen LogP contribution is 2.20. The number of hydrogen-bond donors (Lipinski definition) is 2. The van der Waals surface area contributed by atoms with Crippen LogP contribution >= 0.6 is 0 Å². The Morgan fingerprint density at radius 3 is 2.76 bits per heavy atom. The molecular weight excluding hydrogens is 230 g/mol. The molecule has 0 fully saturated rings. The maximum absolute atomic E-state index is 13.3. The van der Waals surface area contributed by atoms with Crippen molar-refractivity contribution in [2.24, 2.45) is 10.9 Å². The number of rotatable bonds is 5. The lowest BCUT2D eigenvalue weighted by Gasteiger charge is -2.17. The van der Waals surface area contributed by atoms with Gasteiger partial charge in [0.15, 0.2) is 11.6 Å². The fourth-order valence-corrected chi connectivity index (χ4v) is 1.29. The molecule has 6 heteroatoms. The Balaban J connectivity index is 2.73. The summed E-state index contributed by atoms with van der Waals surface area (Å²) in [5, 5.41) is 11.2. The molecule has 0 saturated heterocycles. The summed E-state index contributed by atoms with van der Waals surface area (Å²) in [6.45, 7) is 1.82. The van der Waals surface area contributed by atoms with Crippen LogP contribution in [0.3, 0.4) is 0 Å². The molecule has 0 radical (unpaired) electrons. The molecule has 1 atom stereocenters. The van der Waals surface area contributed by atoms with Gasteiger partial charge in [-0.3, -0.25) is 0 Å². The highest BCUT2D eigenvalue weighted by Gasteiger charge is 2.13. The minimum Gasteiger partial charge on any atom is -0.487 e. The molecule has 1 aromatic carbocycles. The molecule has 0 aliphatic carbocycles. The van der Waals surface area contributed by atoms with Gasteiger partial charge < -0.3 is 15.7 Å². The van der Waals surface area contributed by atoms with Crippen LogP contribution in [0, 0.1) is 11.6 Å². The molecule has 0 saturated carbocycles. The zero-order chi connectivity index (χ0) is 12.8. The van der Waals surface area contributed by atoms with E-state index in [1.807, 2.05) is 6.92 Å². The third kappa shape index (κ3) is 3.90. The Morgan fingerprint density at radius 2 is 2.24 bits per heavy atom. The predicted octanol–water partition coefficient (Wildman–Crippen LogP) is 2.26. The Morgan fingerprint density at radius 1 is 1.53 bits per heavy atom. The van der Waals surface area contributed by atoms with E-state index in [4.69, 9.17) is 15.7 Å². The van der Waals surface area contributed by atoms with E-state index in [-0.39, 0.29) is 18.0 Å². The molecule has 1 rings (SSSR count). The van der Waals surface area contributed by atoms with Crippen LogP contribution in [-0.4, -0.2) is 17.1 Å². The first kappa shape index (κ1) is 13.2. The standard InChI is InChI=1S/C11H14F2N2O2/c1-2-8(6-11(14)15-16)17-10-4-3-7(12)5-9(10)13/h3-5,8,16H,2,6H2,1H3,(H2,14,15). The highest BCUT2D eigenvalue weighted by molar-refractivity contribution is 5.80. The molecule has 0 aromatic heterocycles. The van der Waals surface area contributed by atoms with Crippen molar-refractivity contribution in [1.29, 1.82) is 0 Å². The molecule has 0 aliphatic heterocycles. The second-order valence-corrected chi connectivity index (χ2v) is 3.52. The number of halogens is 2. The lowest BCUT2D eigenvalue weighted by atomic mass is 10.2. The van der Waals surface area contributed by atoms with Crippen molar-refractivity contribution in [2.75, 3.05) is 0 Å². The molecule has 0 spiro atoms. The van der Waals surface area contributed by atoms with Gasteiger partial charge in [0, 0.05) is 12.5 Å². The largest absolute Gasteiger partial charge is 0.487 e. The van der Waals surface area contributed by atoms with E-state index in [1.54, 1.807) is 0 Å². The van der Waals surface area contributed by atoms with Gasteiger partial charge in [0.1, 0.15) is 17.8 Å². The summed E-state index contributed by atoms with van der Waals surface area (Å²) >= 11 is 0. The minimum absolute atomic E-state index is 0.000583. The lowest BCUT2D eigenvalue weighted by Crippen LogP contribution is -2.25. The number of ether oxygens (including phenoxy) is 1. The van der Waals surface area contributed by atoms with Crippen LogP contribution < -0.4 is 10.5 Å². The number of oxime groups is 1. The SMILES string of the molecule is CCC(C/C(N)=N/O)Oc1ccc(F)cc1F. The summed E-state index contributed by atoms with van der Waals surface area (Å²) in [5.74, 6) is -1.49. The van der Waals surface area contributed by atoms with Crippen LogP contribution in [0.25, 0.3) is 0 Å². The summed E-state index contributed by atoms with van der Waals surface area (Å²) in [7, 11) is 0. The molecule has 4 nitrogen and oxygen atoms in total. The van der Waals surface area contributed by atoms with Gasteiger partial charge in [0.25, 0.3) is 0 Å². The maximum Gasteiger partial charge on any atom is 0.167 e. The van der Waals surface area contributed by atoms with Gasteiger partial charge >= 0.3 is 0 Å². The molecule has 94 valence electrons. The van der Waals surface area contributed by atoms with E-state index in [2.05, 4.69) is 5.16 Å². The van der Waals surface area contributed by atoms with Crippen molar-refractivity contribution < 1.29 is 18.7 Å². The molecule has 0 aliphatic rings. The first-order valence-electron chi connectivity index (χ1n) is 5.15. The van der Waals surface area contributed by atoms with Crippen molar-refractivity contribution in [3.8, 4) is 5.75 Å². The number of nitrogens with zero attached hydrogens (tertiary/aromatic N) is 1. The third-order valence-electron chi connectivity index (χ3n) is 2.21. The summed E-state index contributed by atoms with van der Waals surface area (Å²) in [4.78, 5) is 0. The normalized spacial score (nSPS) is 13.5. The van der Waals surface area contributed by atoms with Crippen molar-refractivity contribution in [3.05, 3.63) is 29.8 Å². The average molecular weight is 244 g/mol. The highest BCUT2D eigenvalue weighted by atomic mass is 19.1. The van der Waals surface area contributed by atoms with E-state index >= 15 is 0 Å². The fraction of sp³-hybridized carbons (Fsp3) is 0.364. The van der Waals surface area contributed by atoms with Crippen molar-refractivity contribution in [2.45, 2.75) is 25.9 Å². The van der Waals surface area contributed by atoms with Gasteiger partial charge in [-0.25, -0.2) is 8.78 Å². The van der Waals surface area contributed by atoms with E-state index in [0.29, 0.717) is 6.42 Å². The Labute approximate surface area is 97.7 Å². The molecule has 1 unspecified atom stereocenters. The zero-order valence-corrected chi connectivity index (χ0v) is 9.36. The Kier molecular flexibility index (Phi) is 4.68. The van der Waals surface area contributed by atoms with E-state index in [9.17, 15) is 8.78 Å².